The largest absolute Gasteiger partial charge is 0.497 e. The molecule has 2 amide bonds. The monoisotopic (exact) mass is 452 g/mol. The average molecular weight is 453 g/mol. The Kier molecular flexibility index (Phi) is 5.83. The molecule has 0 spiro atoms. The maximum absolute atomic E-state index is 13.5. The number of hydrogen-bond acceptors (Lipinski definition) is 5. The smallest absolute Gasteiger partial charge is 0.282 e. The molecule has 1 aliphatic heterocycles. The van der Waals surface area contributed by atoms with Crippen LogP contribution in [0.5, 0.6) is 11.5 Å². The van der Waals surface area contributed by atoms with Gasteiger partial charge in [-0.05, 0) is 60.2 Å². The predicted octanol–water partition coefficient (Wildman–Crippen LogP) is 4.89. The minimum absolute atomic E-state index is 0.0683. The van der Waals surface area contributed by atoms with Gasteiger partial charge in [0.25, 0.3) is 11.8 Å². The van der Waals surface area contributed by atoms with Gasteiger partial charge in [-0.2, -0.15) is 0 Å². The first-order chi connectivity index (χ1) is 15.4. The number of carbonyl (C=O) groups excluding carboxylic acids is 2. The number of rotatable bonds is 6. The van der Waals surface area contributed by atoms with Crippen LogP contribution in [0.4, 0.5) is 15.8 Å². The van der Waals surface area contributed by atoms with Gasteiger partial charge in [-0.15, -0.1) is 0 Å². The summed E-state index contributed by atoms with van der Waals surface area (Å²) in [5, 5.41) is 3.29. The first-order valence-electron chi connectivity index (χ1n) is 9.56. The number of nitrogens with one attached hydrogen (secondary N) is 1. The zero-order valence-corrected chi connectivity index (χ0v) is 17.9. The molecule has 0 aromatic heterocycles. The van der Waals surface area contributed by atoms with E-state index in [-0.39, 0.29) is 22.0 Å². The van der Waals surface area contributed by atoms with Crippen molar-refractivity contribution in [3.05, 3.63) is 88.8 Å². The lowest BCUT2D eigenvalue weighted by molar-refractivity contribution is -0.120. The van der Waals surface area contributed by atoms with Crippen molar-refractivity contribution >= 4 is 40.4 Å². The third kappa shape index (κ3) is 3.90. The molecule has 3 aromatic carbocycles. The van der Waals surface area contributed by atoms with Crippen LogP contribution in [0.25, 0.3) is 5.57 Å². The van der Waals surface area contributed by atoms with Crippen LogP contribution < -0.4 is 19.7 Å². The van der Waals surface area contributed by atoms with Gasteiger partial charge in [0.15, 0.2) is 0 Å². The molecule has 3 aromatic rings. The number of nitrogens with zero attached hydrogens (tertiary/aromatic N) is 1. The zero-order chi connectivity index (χ0) is 22.8. The minimum atomic E-state index is -0.564. The second-order valence-corrected chi connectivity index (χ2v) is 7.28. The molecule has 1 N–H and O–H groups in total. The van der Waals surface area contributed by atoms with Crippen molar-refractivity contribution in [2.24, 2.45) is 0 Å². The average Bonchev–Trinajstić information content (AvgIpc) is 3.04. The van der Waals surface area contributed by atoms with Crippen molar-refractivity contribution in [1.82, 2.24) is 0 Å². The van der Waals surface area contributed by atoms with E-state index in [0.717, 1.165) is 4.90 Å². The Balaban J connectivity index is 1.78. The molecule has 0 unspecified atom stereocenters. The van der Waals surface area contributed by atoms with Gasteiger partial charge in [0, 0.05) is 5.69 Å². The summed E-state index contributed by atoms with van der Waals surface area (Å²) in [5.74, 6) is -0.510. The van der Waals surface area contributed by atoms with Gasteiger partial charge in [-0.25, -0.2) is 9.29 Å². The van der Waals surface area contributed by atoms with Crippen molar-refractivity contribution < 1.29 is 23.5 Å². The summed E-state index contributed by atoms with van der Waals surface area (Å²) in [6.45, 7) is 0. The Morgan fingerprint density at radius 3 is 2.16 bits per heavy atom. The van der Waals surface area contributed by atoms with E-state index in [0.29, 0.717) is 22.7 Å². The molecule has 0 aliphatic carbocycles. The van der Waals surface area contributed by atoms with Crippen LogP contribution in [-0.4, -0.2) is 26.0 Å². The third-order valence-corrected chi connectivity index (χ3v) is 5.27. The van der Waals surface area contributed by atoms with E-state index >= 15 is 0 Å². The first-order valence-corrected chi connectivity index (χ1v) is 9.94. The summed E-state index contributed by atoms with van der Waals surface area (Å²) in [5.41, 5.74) is 1.47. The van der Waals surface area contributed by atoms with E-state index in [9.17, 15) is 14.0 Å². The number of carbonyl (C=O) groups is 2. The molecule has 0 saturated heterocycles. The molecule has 6 nitrogen and oxygen atoms in total. The van der Waals surface area contributed by atoms with Crippen LogP contribution in [-0.2, 0) is 9.59 Å². The fourth-order valence-electron chi connectivity index (χ4n) is 3.38. The van der Waals surface area contributed by atoms with Crippen molar-refractivity contribution in [1.29, 1.82) is 0 Å². The van der Waals surface area contributed by atoms with Crippen LogP contribution in [0.3, 0.4) is 0 Å². The number of amides is 2. The van der Waals surface area contributed by atoms with E-state index in [1.807, 2.05) is 0 Å². The van der Waals surface area contributed by atoms with E-state index in [4.69, 9.17) is 21.1 Å². The molecule has 0 fully saturated rings. The summed E-state index contributed by atoms with van der Waals surface area (Å²) in [4.78, 5) is 27.8. The number of anilines is 2. The van der Waals surface area contributed by atoms with Gasteiger partial charge in [0.2, 0.25) is 0 Å². The first kappa shape index (κ1) is 21.4. The van der Waals surface area contributed by atoms with E-state index in [1.165, 1.54) is 37.4 Å². The lowest BCUT2D eigenvalue weighted by Crippen LogP contribution is -2.32. The highest BCUT2D eigenvalue weighted by Gasteiger charge is 2.40. The SMILES string of the molecule is COc1ccc(NC2=C(c3ccc(F)cc3)C(=O)N(c3ccc(OC)c(Cl)c3)C2=O)cc1. The normalized spacial score (nSPS) is 13.6. The number of halogens is 2. The van der Waals surface area contributed by atoms with Crippen LogP contribution in [0.1, 0.15) is 5.56 Å². The van der Waals surface area contributed by atoms with Crippen LogP contribution in [0.15, 0.2) is 72.4 Å². The molecule has 1 aliphatic rings. The molecule has 162 valence electrons. The summed E-state index contributed by atoms with van der Waals surface area (Å²) < 4.78 is 23.8. The molecule has 0 bridgehead atoms. The van der Waals surface area contributed by atoms with Gasteiger partial charge in [0.05, 0.1) is 30.5 Å². The molecule has 1 heterocycles. The van der Waals surface area contributed by atoms with Crippen LogP contribution in [0.2, 0.25) is 5.02 Å². The maximum atomic E-state index is 13.5. The maximum Gasteiger partial charge on any atom is 0.282 e. The van der Waals surface area contributed by atoms with E-state index in [2.05, 4.69) is 5.32 Å². The lowest BCUT2D eigenvalue weighted by Gasteiger charge is -2.16. The van der Waals surface area contributed by atoms with E-state index in [1.54, 1.807) is 43.5 Å². The van der Waals surface area contributed by atoms with Crippen molar-refractivity contribution in [2.45, 2.75) is 0 Å². The van der Waals surface area contributed by atoms with Crippen LogP contribution in [0, 0.1) is 5.82 Å². The topological polar surface area (TPSA) is 67.9 Å². The highest BCUT2D eigenvalue weighted by molar-refractivity contribution is 6.46. The zero-order valence-electron chi connectivity index (χ0n) is 17.2. The van der Waals surface area contributed by atoms with Crippen molar-refractivity contribution in [2.75, 3.05) is 24.4 Å². The quantitative estimate of drug-likeness (QED) is 0.539. The fourth-order valence-corrected chi connectivity index (χ4v) is 3.63. The predicted molar refractivity (Wildman–Crippen MR) is 120 cm³/mol. The standard InChI is InChI=1S/C24H18ClFN2O4/c1-31-18-10-7-16(8-11-18)27-22-21(14-3-5-15(26)6-4-14)23(29)28(24(22)30)17-9-12-20(32-2)19(25)13-17/h3-13,27H,1-2H3. The Labute approximate surface area is 188 Å². The molecule has 32 heavy (non-hydrogen) atoms. The van der Waals surface area contributed by atoms with Gasteiger partial charge in [0.1, 0.15) is 23.0 Å². The summed E-state index contributed by atoms with van der Waals surface area (Å²) in [7, 11) is 3.02. The summed E-state index contributed by atoms with van der Waals surface area (Å²) >= 11 is 6.21. The molecule has 0 saturated carbocycles. The molecular weight excluding hydrogens is 435 g/mol. The lowest BCUT2D eigenvalue weighted by atomic mass is 10.0. The molecule has 4 rings (SSSR count). The number of hydrogen-bond donors (Lipinski definition) is 1. The second-order valence-electron chi connectivity index (χ2n) is 6.87. The van der Waals surface area contributed by atoms with Crippen LogP contribution >= 0.6 is 11.6 Å². The second kappa shape index (κ2) is 8.72. The summed E-state index contributed by atoms with van der Waals surface area (Å²) in [6.07, 6.45) is 0. The number of benzene rings is 3. The van der Waals surface area contributed by atoms with E-state index < -0.39 is 17.6 Å². The Morgan fingerprint density at radius 1 is 0.875 bits per heavy atom. The fraction of sp³-hybridized carbons (Fsp3) is 0.0833. The molecular formula is C24H18ClFN2O4. The molecule has 0 atom stereocenters. The van der Waals surface area contributed by atoms with Gasteiger partial charge in [-0.3, -0.25) is 9.59 Å². The number of imide groups is 1. The Bertz CT molecular complexity index is 1220. The number of methoxy groups -OCH3 is 2. The van der Waals surface area contributed by atoms with Gasteiger partial charge < -0.3 is 14.8 Å². The van der Waals surface area contributed by atoms with Crippen molar-refractivity contribution in [3.63, 3.8) is 0 Å². The highest BCUT2D eigenvalue weighted by atomic mass is 35.5. The summed E-state index contributed by atoms with van der Waals surface area (Å²) in [6, 6.07) is 16.9. The van der Waals surface area contributed by atoms with Gasteiger partial charge >= 0.3 is 0 Å². The van der Waals surface area contributed by atoms with Crippen molar-refractivity contribution in [3.8, 4) is 11.5 Å². The Hall–Kier alpha value is -3.84. The molecule has 8 heteroatoms. The minimum Gasteiger partial charge on any atom is -0.497 e. The Morgan fingerprint density at radius 2 is 1.56 bits per heavy atom. The number of ether oxygens (including phenoxy) is 2. The molecule has 0 radical (unpaired) electrons. The third-order valence-electron chi connectivity index (χ3n) is 4.97. The van der Waals surface area contributed by atoms with Gasteiger partial charge in [-0.1, -0.05) is 23.7 Å². The highest BCUT2D eigenvalue weighted by Crippen LogP contribution is 2.36.